The Hall–Kier alpha value is -1.68. The summed E-state index contributed by atoms with van der Waals surface area (Å²) in [5, 5.41) is 10.1. The summed E-state index contributed by atoms with van der Waals surface area (Å²) in [5.41, 5.74) is 1.19. The van der Waals surface area contributed by atoms with E-state index in [9.17, 15) is 5.11 Å². The number of rotatable bonds is 5. The van der Waals surface area contributed by atoms with Crippen molar-refractivity contribution in [2.45, 2.75) is 32.4 Å². The number of imidazole rings is 1. The normalized spacial score (nSPS) is 12.6. The number of nitrogens with zero attached hydrogens (tertiary/aromatic N) is 3. The summed E-state index contributed by atoms with van der Waals surface area (Å²) in [7, 11) is 0. The van der Waals surface area contributed by atoms with Crippen molar-refractivity contribution >= 4 is 0 Å². The molecule has 2 heterocycles. The predicted octanol–water partition coefficient (Wildman–Crippen LogP) is 1.96. The van der Waals surface area contributed by atoms with Crippen molar-refractivity contribution in [1.29, 1.82) is 0 Å². The molecule has 0 aliphatic rings. The van der Waals surface area contributed by atoms with Gasteiger partial charge < -0.3 is 9.67 Å². The lowest BCUT2D eigenvalue weighted by Crippen LogP contribution is -2.08. The smallest absolute Gasteiger partial charge is 0.137 e. The third kappa shape index (κ3) is 2.91. The SMILES string of the molecule is CCn1ccnc1C(O)CCc1ccncc1. The first-order valence-corrected chi connectivity index (χ1v) is 5.89. The Morgan fingerprint density at radius 2 is 2.06 bits per heavy atom. The summed E-state index contributed by atoms with van der Waals surface area (Å²) in [6, 6.07) is 3.94. The van der Waals surface area contributed by atoms with Crippen molar-refractivity contribution in [2.75, 3.05) is 0 Å². The molecule has 0 spiro atoms. The van der Waals surface area contributed by atoms with Gasteiger partial charge >= 0.3 is 0 Å². The highest BCUT2D eigenvalue weighted by molar-refractivity contribution is 5.10. The minimum Gasteiger partial charge on any atom is -0.385 e. The first kappa shape index (κ1) is 11.8. The maximum atomic E-state index is 10.1. The summed E-state index contributed by atoms with van der Waals surface area (Å²) < 4.78 is 1.97. The molecule has 4 nitrogen and oxygen atoms in total. The molecule has 0 radical (unpaired) electrons. The van der Waals surface area contributed by atoms with Crippen LogP contribution in [-0.2, 0) is 13.0 Å². The number of pyridine rings is 1. The van der Waals surface area contributed by atoms with Crippen LogP contribution in [0.3, 0.4) is 0 Å². The third-order valence-electron chi connectivity index (χ3n) is 2.84. The average Bonchev–Trinajstić information content (AvgIpc) is 2.85. The van der Waals surface area contributed by atoms with Crippen LogP contribution in [0, 0.1) is 0 Å². The molecule has 0 aliphatic carbocycles. The van der Waals surface area contributed by atoms with Gasteiger partial charge in [-0.15, -0.1) is 0 Å². The summed E-state index contributed by atoms with van der Waals surface area (Å²) in [6.45, 7) is 2.88. The van der Waals surface area contributed by atoms with Gasteiger partial charge in [0.05, 0.1) is 0 Å². The highest BCUT2D eigenvalue weighted by Gasteiger charge is 2.12. The molecule has 17 heavy (non-hydrogen) atoms. The molecule has 1 unspecified atom stereocenters. The van der Waals surface area contributed by atoms with Crippen LogP contribution in [0.2, 0.25) is 0 Å². The van der Waals surface area contributed by atoms with Crippen LogP contribution in [-0.4, -0.2) is 19.6 Å². The van der Waals surface area contributed by atoms with Gasteiger partial charge in [-0.1, -0.05) is 0 Å². The van der Waals surface area contributed by atoms with E-state index in [4.69, 9.17) is 0 Å². The second-order valence-electron chi connectivity index (χ2n) is 3.98. The van der Waals surface area contributed by atoms with E-state index in [1.165, 1.54) is 5.56 Å². The quantitative estimate of drug-likeness (QED) is 0.855. The molecule has 2 aromatic heterocycles. The van der Waals surface area contributed by atoms with Gasteiger partial charge in [0.2, 0.25) is 0 Å². The topological polar surface area (TPSA) is 50.9 Å². The van der Waals surface area contributed by atoms with Gasteiger partial charge in [0.15, 0.2) is 0 Å². The fourth-order valence-corrected chi connectivity index (χ4v) is 1.87. The molecule has 90 valence electrons. The Bertz CT molecular complexity index is 453. The lowest BCUT2D eigenvalue weighted by Gasteiger charge is -2.11. The Balaban J connectivity index is 1.96. The van der Waals surface area contributed by atoms with E-state index < -0.39 is 6.10 Å². The first-order valence-electron chi connectivity index (χ1n) is 5.89. The van der Waals surface area contributed by atoms with E-state index in [0.29, 0.717) is 6.42 Å². The van der Waals surface area contributed by atoms with E-state index >= 15 is 0 Å². The molecule has 0 fully saturated rings. The van der Waals surface area contributed by atoms with E-state index in [1.54, 1.807) is 18.6 Å². The summed E-state index contributed by atoms with van der Waals surface area (Å²) in [6.07, 6.45) is 8.18. The second kappa shape index (κ2) is 5.59. The number of hydrogen-bond donors (Lipinski definition) is 1. The number of hydrogen-bond acceptors (Lipinski definition) is 3. The Kier molecular flexibility index (Phi) is 3.88. The van der Waals surface area contributed by atoms with Crippen molar-refractivity contribution in [3.63, 3.8) is 0 Å². The molecule has 1 N–H and O–H groups in total. The average molecular weight is 231 g/mol. The summed E-state index contributed by atoms with van der Waals surface area (Å²) in [5.74, 6) is 0.751. The maximum Gasteiger partial charge on any atom is 0.137 e. The minimum absolute atomic E-state index is 0.502. The minimum atomic E-state index is -0.502. The summed E-state index contributed by atoms with van der Waals surface area (Å²) in [4.78, 5) is 8.17. The van der Waals surface area contributed by atoms with E-state index in [-0.39, 0.29) is 0 Å². The van der Waals surface area contributed by atoms with Crippen LogP contribution >= 0.6 is 0 Å². The van der Waals surface area contributed by atoms with Crippen molar-refractivity contribution in [3.05, 3.63) is 48.3 Å². The van der Waals surface area contributed by atoms with E-state index in [2.05, 4.69) is 9.97 Å². The van der Waals surface area contributed by atoms with Crippen LogP contribution in [0.25, 0.3) is 0 Å². The van der Waals surface area contributed by atoms with Crippen LogP contribution < -0.4 is 0 Å². The van der Waals surface area contributed by atoms with Crippen molar-refractivity contribution in [2.24, 2.45) is 0 Å². The van der Waals surface area contributed by atoms with Crippen LogP contribution in [0.5, 0.6) is 0 Å². The monoisotopic (exact) mass is 231 g/mol. The molecule has 0 bridgehead atoms. The lowest BCUT2D eigenvalue weighted by molar-refractivity contribution is 0.153. The maximum absolute atomic E-state index is 10.1. The molecule has 0 aliphatic heterocycles. The number of aromatic nitrogens is 3. The molecule has 1 atom stereocenters. The molecule has 2 aromatic rings. The highest BCUT2D eigenvalue weighted by atomic mass is 16.3. The van der Waals surface area contributed by atoms with Crippen LogP contribution in [0.4, 0.5) is 0 Å². The molecular formula is C13H17N3O. The zero-order valence-electron chi connectivity index (χ0n) is 9.95. The largest absolute Gasteiger partial charge is 0.385 e. The Labute approximate surface area is 101 Å². The molecule has 4 heteroatoms. The van der Waals surface area contributed by atoms with Gasteiger partial charge in [-0.25, -0.2) is 4.98 Å². The van der Waals surface area contributed by atoms with Crippen molar-refractivity contribution in [1.82, 2.24) is 14.5 Å². The van der Waals surface area contributed by atoms with Gasteiger partial charge in [0, 0.05) is 31.3 Å². The molecule has 2 rings (SSSR count). The molecule has 0 saturated carbocycles. The summed E-state index contributed by atoms with van der Waals surface area (Å²) >= 11 is 0. The Morgan fingerprint density at radius 1 is 1.29 bits per heavy atom. The third-order valence-corrected chi connectivity index (χ3v) is 2.84. The fourth-order valence-electron chi connectivity index (χ4n) is 1.87. The van der Waals surface area contributed by atoms with Crippen molar-refractivity contribution in [3.8, 4) is 0 Å². The lowest BCUT2D eigenvalue weighted by atomic mass is 10.1. The zero-order chi connectivity index (χ0) is 12.1. The highest BCUT2D eigenvalue weighted by Crippen LogP contribution is 2.17. The van der Waals surface area contributed by atoms with Gasteiger partial charge in [-0.2, -0.15) is 0 Å². The number of aliphatic hydroxyl groups is 1. The molecular weight excluding hydrogens is 214 g/mol. The van der Waals surface area contributed by atoms with Crippen LogP contribution in [0.1, 0.15) is 30.8 Å². The second-order valence-corrected chi connectivity index (χ2v) is 3.98. The first-order chi connectivity index (χ1) is 8.31. The van der Waals surface area contributed by atoms with E-state index in [1.807, 2.05) is 29.8 Å². The molecule has 0 saturated heterocycles. The number of aliphatic hydroxyl groups excluding tert-OH is 1. The standard InChI is InChI=1S/C13H17N3O/c1-2-16-10-9-15-13(16)12(17)4-3-11-5-7-14-8-6-11/h5-10,12,17H,2-4H2,1H3. The van der Waals surface area contributed by atoms with Crippen LogP contribution in [0.15, 0.2) is 36.9 Å². The Morgan fingerprint density at radius 3 is 2.76 bits per heavy atom. The van der Waals surface area contributed by atoms with Gasteiger partial charge in [-0.05, 0) is 37.5 Å². The zero-order valence-corrected chi connectivity index (χ0v) is 9.95. The number of aryl methyl sites for hydroxylation is 2. The van der Waals surface area contributed by atoms with E-state index in [0.717, 1.165) is 18.8 Å². The predicted molar refractivity (Wildman–Crippen MR) is 65.4 cm³/mol. The molecule has 0 amide bonds. The van der Waals surface area contributed by atoms with Gasteiger partial charge in [0.25, 0.3) is 0 Å². The fraction of sp³-hybridized carbons (Fsp3) is 0.385. The van der Waals surface area contributed by atoms with Gasteiger partial charge in [-0.3, -0.25) is 4.98 Å². The van der Waals surface area contributed by atoms with Crippen molar-refractivity contribution < 1.29 is 5.11 Å². The molecule has 0 aromatic carbocycles. The van der Waals surface area contributed by atoms with Gasteiger partial charge in [0.1, 0.15) is 11.9 Å².